The second-order valence-electron chi connectivity index (χ2n) is 6.06. The van der Waals surface area contributed by atoms with E-state index in [-0.39, 0.29) is 17.5 Å². The van der Waals surface area contributed by atoms with E-state index in [2.05, 4.69) is 15.6 Å². The quantitative estimate of drug-likeness (QED) is 0.662. The van der Waals surface area contributed by atoms with E-state index in [1.165, 1.54) is 18.2 Å². The highest BCUT2D eigenvalue weighted by Crippen LogP contribution is 2.32. The van der Waals surface area contributed by atoms with Gasteiger partial charge in [-0.15, -0.1) is 0 Å². The predicted octanol–water partition coefficient (Wildman–Crippen LogP) is 4.47. The average molecular weight is 400 g/mol. The molecule has 1 aromatic heterocycles. The number of nitrogens with one attached hydrogen (secondary N) is 2. The maximum absolute atomic E-state index is 13.2. The third-order valence-corrected chi connectivity index (χ3v) is 4.40. The van der Waals surface area contributed by atoms with Gasteiger partial charge >= 0.3 is 0 Å². The summed E-state index contributed by atoms with van der Waals surface area (Å²) >= 11 is 5.72. The molecule has 2 aromatic carbocycles. The van der Waals surface area contributed by atoms with Crippen LogP contribution < -0.4 is 20.1 Å². The number of halogens is 2. The highest BCUT2D eigenvalue weighted by molar-refractivity contribution is 6.31. The lowest BCUT2D eigenvalue weighted by atomic mass is 10.2. The van der Waals surface area contributed by atoms with Crippen LogP contribution in [-0.2, 0) is 6.54 Å². The topological polar surface area (TPSA) is 72.5 Å². The highest BCUT2D eigenvalue weighted by Gasteiger charge is 2.13. The second kappa shape index (κ2) is 7.74. The molecule has 0 radical (unpaired) electrons. The summed E-state index contributed by atoms with van der Waals surface area (Å²) in [6, 6.07) is 13.1. The monoisotopic (exact) mass is 399 g/mol. The number of pyridine rings is 1. The zero-order valence-electron chi connectivity index (χ0n) is 14.5. The molecule has 4 rings (SSSR count). The van der Waals surface area contributed by atoms with Crippen molar-refractivity contribution in [3.05, 3.63) is 76.8 Å². The molecule has 0 bridgehead atoms. The molecular weight excluding hydrogens is 385 g/mol. The Labute approximate surface area is 165 Å². The minimum atomic E-state index is -0.546. The Morgan fingerprint density at radius 1 is 1.07 bits per heavy atom. The smallest absolute Gasteiger partial charge is 0.274 e. The highest BCUT2D eigenvalue weighted by atomic mass is 35.5. The Balaban J connectivity index is 1.36. The van der Waals surface area contributed by atoms with Crippen molar-refractivity contribution in [2.24, 2.45) is 0 Å². The van der Waals surface area contributed by atoms with Crippen molar-refractivity contribution < 1.29 is 18.7 Å². The Kier molecular flexibility index (Phi) is 4.99. The van der Waals surface area contributed by atoms with Crippen LogP contribution in [0.5, 0.6) is 11.5 Å². The van der Waals surface area contributed by atoms with Crippen LogP contribution >= 0.6 is 11.6 Å². The van der Waals surface area contributed by atoms with Gasteiger partial charge in [0.1, 0.15) is 11.5 Å². The summed E-state index contributed by atoms with van der Waals surface area (Å²) in [6.45, 7) is 0.807. The van der Waals surface area contributed by atoms with Crippen LogP contribution in [0.25, 0.3) is 0 Å². The largest absolute Gasteiger partial charge is 0.454 e. The van der Waals surface area contributed by atoms with E-state index in [9.17, 15) is 9.18 Å². The van der Waals surface area contributed by atoms with Gasteiger partial charge in [0, 0.05) is 12.2 Å². The van der Waals surface area contributed by atoms with Gasteiger partial charge in [-0.2, -0.15) is 0 Å². The van der Waals surface area contributed by atoms with Crippen molar-refractivity contribution in [3.8, 4) is 11.5 Å². The number of carbonyl (C=O) groups is 1. The summed E-state index contributed by atoms with van der Waals surface area (Å²) in [5.74, 6) is 0.509. The summed E-state index contributed by atoms with van der Waals surface area (Å²) in [5, 5.41) is 5.80. The zero-order chi connectivity index (χ0) is 19.5. The predicted molar refractivity (Wildman–Crippen MR) is 103 cm³/mol. The lowest BCUT2D eigenvalue weighted by molar-refractivity contribution is 0.102. The second-order valence-corrected chi connectivity index (χ2v) is 6.46. The van der Waals surface area contributed by atoms with Crippen molar-refractivity contribution >= 4 is 28.9 Å². The summed E-state index contributed by atoms with van der Waals surface area (Å²) in [6.07, 6.45) is 1.57. The van der Waals surface area contributed by atoms with Gasteiger partial charge in [0.05, 0.1) is 16.9 Å². The van der Waals surface area contributed by atoms with Crippen LogP contribution in [0.3, 0.4) is 0 Å². The third-order valence-electron chi connectivity index (χ3n) is 4.11. The molecule has 0 fully saturated rings. The van der Waals surface area contributed by atoms with Crippen LogP contribution in [-0.4, -0.2) is 17.7 Å². The number of amides is 1. The van der Waals surface area contributed by atoms with Crippen LogP contribution in [0.15, 0.2) is 54.7 Å². The number of carbonyl (C=O) groups excluding carboxylic acids is 1. The molecule has 0 unspecified atom stereocenters. The first kappa shape index (κ1) is 18.1. The minimum absolute atomic E-state index is 0.0613. The fourth-order valence-electron chi connectivity index (χ4n) is 2.66. The van der Waals surface area contributed by atoms with E-state index < -0.39 is 11.7 Å². The first-order valence-corrected chi connectivity index (χ1v) is 8.81. The molecular formula is C20H15ClFN3O3. The Morgan fingerprint density at radius 2 is 1.89 bits per heavy atom. The number of benzene rings is 2. The number of fused-ring (bicyclic) bond motifs is 1. The van der Waals surface area contributed by atoms with Crippen molar-refractivity contribution in [2.45, 2.75) is 6.54 Å². The van der Waals surface area contributed by atoms with E-state index in [4.69, 9.17) is 21.1 Å². The molecule has 1 aliphatic rings. The zero-order valence-corrected chi connectivity index (χ0v) is 15.3. The van der Waals surface area contributed by atoms with E-state index >= 15 is 0 Å². The molecule has 3 aromatic rings. The van der Waals surface area contributed by atoms with Crippen molar-refractivity contribution in [1.82, 2.24) is 4.98 Å². The molecule has 28 heavy (non-hydrogen) atoms. The minimum Gasteiger partial charge on any atom is -0.454 e. The molecule has 8 heteroatoms. The van der Waals surface area contributed by atoms with Gasteiger partial charge in [-0.25, -0.2) is 9.37 Å². The molecule has 2 N–H and O–H groups in total. The number of hydrogen-bond donors (Lipinski definition) is 2. The lowest BCUT2D eigenvalue weighted by Crippen LogP contribution is -2.13. The molecule has 1 aliphatic heterocycles. The number of rotatable bonds is 5. The summed E-state index contributed by atoms with van der Waals surface area (Å²) in [7, 11) is 0. The van der Waals surface area contributed by atoms with Crippen molar-refractivity contribution in [2.75, 3.05) is 17.4 Å². The lowest BCUT2D eigenvalue weighted by Gasteiger charge is -2.09. The molecule has 0 atom stereocenters. The van der Waals surface area contributed by atoms with Crippen LogP contribution in [0.1, 0.15) is 16.1 Å². The van der Waals surface area contributed by atoms with Gasteiger partial charge in [0.25, 0.3) is 5.91 Å². The number of ether oxygens (including phenoxy) is 2. The molecule has 2 heterocycles. The Morgan fingerprint density at radius 3 is 2.68 bits per heavy atom. The van der Waals surface area contributed by atoms with Crippen LogP contribution in [0, 0.1) is 5.82 Å². The summed E-state index contributed by atoms with van der Waals surface area (Å²) in [4.78, 5) is 16.4. The SMILES string of the molecule is O=C(Nc1ccc(F)c(Cl)c1)c1ccc(NCc2ccc3c(c2)OCO3)cn1. The maximum Gasteiger partial charge on any atom is 0.274 e. The molecule has 1 amide bonds. The van der Waals surface area contributed by atoms with E-state index in [0.29, 0.717) is 12.2 Å². The molecule has 6 nitrogen and oxygen atoms in total. The fraction of sp³-hybridized carbons (Fsp3) is 0.100. The molecule has 142 valence electrons. The van der Waals surface area contributed by atoms with Gasteiger partial charge in [-0.1, -0.05) is 17.7 Å². The number of hydrogen-bond acceptors (Lipinski definition) is 5. The van der Waals surface area contributed by atoms with Gasteiger partial charge in [0.15, 0.2) is 11.5 Å². The van der Waals surface area contributed by atoms with Gasteiger partial charge in [0.2, 0.25) is 6.79 Å². The fourth-order valence-corrected chi connectivity index (χ4v) is 2.84. The molecule has 0 saturated carbocycles. The third kappa shape index (κ3) is 3.99. The van der Waals surface area contributed by atoms with Crippen LogP contribution in [0.4, 0.5) is 15.8 Å². The number of aromatic nitrogens is 1. The Hall–Kier alpha value is -3.32. The first-order valence-electron chi connectivity index (χ1n) is 8.43. The van der Waals surface area contributed by atoms with Gasteiger partial charge in [-0.3, -0.25) is 4.79 Å². The average Bonchev–Trinajstić information content (AvgIpc) is 3.17. The van der Waals surface area contributed by atoms with E-state index in [1.54, 1.807) is 18.3 Å². The van der Waals surface area contributed by atoms with E-state index in [1.807, 2.05) is 18.2 Å². The Bertz CT molecular complexity index is 1030. The number of anilines is 2. The molecule has 0 spiro atoms. The standard InChI is InChI=1S/C20H15ClFN3O3/c21-15-8-13(2-4-16(15)22)25-20(26)17-5-3-14(10-24-17)23-9-12-1-6-18-19(7-12)28-11-27-18/h1-8,10,23H,9,11H2,(H,25,26). The van der Waals surface area contributed by atoms with Crippen molar-refractivity contribution in [1.29, 1.82) is 0 Å². The maximum atomic E-state index is 13.2. The summed E-state index contributed by atoms with van der Waals surface area (Å²) < 4.78 is 23.8. The van der Waals surface area contributed by atoms with Crippen LogP contribution in [0.2, 0.25) is 5.02 Å². The number of nitrogens with zero attached hydrogens (tertiary/aromatic N) is 1. The van der Waals surface area contributed by atoms with E-state index in [0.717, 1.165) is 22.7 Å². The van der Waals surface area contributed by atoms with Gasteiger partial charge in [-0.05, 0) is 48.0 Å². The molecule has 0 aliphatic carbocycles. The van der Waals surface area contributed by atoms with Gasteiger partial charge < -0.3 is 20.1 Å². The normalized spacial score (nSPS) is 11.9. The molecule has 0 saturated heterocycles. The summed E-state index contributed by atoms with van der Waals surface area (Å²) in [5.41, 5.74) is 2.41. The first-order chi connectivity index (χ1) is 13.6. The van der Waals surface area contributed by atoms with Crippen molar-refractivity contribution in [3.63, 3.8) is 0 Å².